The second kappa shape index (κ2) is 6.83. The van der Waals surface area contributed by atoms with E-state index in [9.17, 15) is 14.7 Å². The summed E-state index contributed by atoms with van der Waals surface area (Å²) in [5, 5.41) is 10.4. The number of amides is 1. The SMILES string of the molecule is CN1CCN(C(=O)CSC[C@H]([NH3+])C(=O)[O-])CC1. The maximum atomic E-state index is 11.8. The van der Waals surface area contributed by atoms with Crippen LogP contribution in [0.15, 0.2) is 0 Å². The molecule has 0 aromatic carbocycles. The Hall–Kier alpha value is -0.790. The number of nitrogens with zero attached hydrogens (tertiary/aromatic N) is 2. The number of carboxylic acid groups (broad SMARTS) is 1. The number of carbonyl (C=O) groups excluding carboxylic acids is 2. The molecule has 0 unspecified atom stereocenters. The molecule has 98 valence electrons. The molecule has 7 heteroatoms. The van der Waals surface area contributed by atoms with E-state index in [1.807, 2.05) is 11.9 Å². The van der Waals surface area contributed by atoms with E-state index in [1.54, 1.807) is 0 Å². The summed E-state index contributed by atoms with van der Waals surface area (Å²) < 4.78 is 0. The van der Waals surface area contributed by atoms with Crippen LogP contribution in [0.25, 0.3) is 0 Å². The van der Waals surface area contributed by atoms with Gasteiger partial charge in [0, 0.05) is 26.2 Å². The van der Waals surface area contributed by atoms with Gasteiger partial charge in [-0.3, -0.25) is 4.79 Å². The van der Waals surface area contributed by atoms with Crippen molar-refractivity contribution in [3.63, 3.8) is 0 Å². The van der Waals surface area contributed by atoms with E-state index in [-0.39, 0.29) is 5.91 Å². The minimum Gasteiger partial charge on any atom is -0.544 e. The first-order valence-corrected chi connectivity index (χ1v) is 6.74. The van der Waals surface area contributed by atoms with E-state index < -0.39 is 12.0 Å². The van der Waals surface area contributed by atoms with Crippen molar-refractivity contribution in [2.45, 2.75) is 6.04 Å². The van der Waals surface area contributed by atoms with Crippen LogP contribution in [-0.2, 0) is 9.59 Å². The lowest BCUT2D eigenvalue weighted by Gasteiger charge is -2.32. The van der Waals surface area contributed by atoms with Gasteiger partial charge < -0.3 is 25.4 Å². The summed E-state index contributed by atoms with van der Waals surface area (Å²) in [4.78, 5) is 26.2. The highest BCUT2D eigenvalue weighted by Gasteiger charge is 2.19. The highest BCUT2D eigenvalue weighted by atomic mass is 32.2. The molecule has 17 heavy (non-hydrogen) atoms. The Morgan fingerprint density at radius 1 is 1.35 bits per heavy atom. The minimum atomic E-state index is -1.16. The molecular weight excluding hydrogens is 242 g/mol. The summed E-state index contributed by atoms with van der Waals surface area (Å²) >= 11 is 1.30. The third-order valence-corrected chi connectivity index (χ3v) is 3.82. The van der Waals surface area contributed by atoms with E-state index >= 15 is 0 Å². The average molecular weight is 261 g/mol. The first-order valence-electron chi connectivity index (χ1n) is 5.58. The predicted molar refractivity (Wildman–Crippen MR) is 63.1 cm³/mol. The number of thioether (sulfide) groups is 1. The molecule has 0 spiro atoms. The number of rotatable bonds is 5. The molecule has 0 saturated carbocycles. The van der Waals surface area contributed by atoms with E-state index in [1.165, 1.54) is 11.8 Å². The third kappa shape index (κ3) is 4.93. The Bertz CT molecular complexity index is 280. The van der Waals surface area contributed by atoms with Crippen molar-refractivity contribution >= 4 is 23.6 Å². The van der Waals surface area contributed by atoms with Crippen LogP contribution in [0.5, 0.6) is 0 Å². The molecule has 0 radical (unpaired) electrons. The molecule has 0 bridgehead atoms. The Morgan fingerprint density at radius 3 is 2.47 bits per heavy atom. The average Bonchev–Trinajstić information content (AvgIpc) is 2.29. The van der Waals surface area contributed by atoms with Crippen LogP contribution in [0.3, 0.4) is 0 Å². The zero-order valence-electron chi connectivity index (χ0n) is 10.1. The van der Waals surface area contributed by atoms with Crippen LogP contribution in [0, 0.1) is 0 Å². The lowest BCUT2D eigenvalue weighted by atomic mass is 10.3. The standard InChI is InChI=1S/C10H19N3O3S/c1-12-2-4-13(5-3-12)9(14)7-17-6-8(11)10(15)16/h8H,2-7,11H2,1H3,(H,15,16)/t8-/m0/s1. The number of hydrogen-bond acceptors (Lipinski definition) is 5. The van der Waals surface area contributed by atoms with Crippen LogP contribution in [0.1, 0.15) is 0 Å². The lowest BCUT2D eigenvalue weighted by molar-refractivity contribution is -0.431. The van der Waals surface area contributed by atoms with Crippen molar-refractivity contribution in [1.29, 1.82) is 0 Å². The van der Waals surface area contributed by atoms with Gasteiger partial charge in [0.15, 0.2) is 0 Å². The molecule has 1 heterocycles. The molecule has 1 saturated heterocycles. The van der Waals surface area contributed by atoms with E-state index in [4.69, 9.17) is 0 Å². The summed E-state index contributed by atoms with van der Waals surface area (Å²) in [6.45, 7) is 3.30. The summed E-state index contributed by atoms with van der Waals surface area (Å²) in [6.07, 6.45) is 0. The van der Waals surface area contributed by atoms with Gasteiger partial charge in [0.1, 0.15) is 6.04 Å². The quantitative estimate of drug-likeness (QED) is 0.564. The van der Waals surface area contributed by atoms with Gasteiger partial charge >= 0.3 is 0 Å². The normalized spacial score (nSPS) is 19.1. The fourth-order valence-electron chi connectivity index (χ4n) is 1.50. The molecule has 1 atom stereocenters. The Labute approximate surface area is 105 Å². The van der Waals surface area contributed by atoms with E-state index in [0.717, 1.165) is 26.2 Å². The predicted octanol–water partition coefficient (Wildman–Crippen LogP) is -3.15. The molecule has 1 rings (SSSR count). The minimum absolute atomic E-state index is 0.0775. The van der Waals surface area contributed by atoms with E-state index in [2.05, 4.69) is 10.6 Å². The van der Waals surface area contributed by atoms with Gasteiger partial charge in [-0.1, -0.05) is 0 Å². The van der Waals surface area contributed by atoms with Crippen molar-refractivity contribution in [3.05, 3.63) is 0 Å². The summed E-state index contributed by atoms with van der Waals surface area (Å²) in [7, 11) is 2.03. The fraction of sp³-hybridized carbons (Fsp3) is 0.800. The molecule has 1 aliphatic rings. The van der Waals surface area contributed by atoms with Gasteiger partial charge in [-0.25, -0.2) is 0 Å². The summed E-state index contributed by atoms with van der Waals surface area (Å²) in [6, 6.07) is -0.750. The number of likely N-dealkylation sites (N-methyl/N-ethyl adjacent to an activating group) is 1. The maximum Gasteiger partial charge on any atom is 0.232 e. The first-order chi connectivity index (χ1) is 8.00. The van der Waals surface area contributed by atoms with Crippen molar-refractivity contribution in [3.8, 4) is 0 Å². The van der Waals surface area contributed by atoms with Crippen molar-refractivity contribution < 1.29 is 20.4 Å². The topological polar surface area (TPSA) is 91.3 Å². The number of piperazine rings is 1. The molecule has 1 aliphatic heterocycles. The summed E-state index contributed by atoms with van der Waals surface area (Å²) in [5.74, 6) is -0.441. The lowest BCUT2D eigenvalue weighted by Crippen LogP contribution is -2.69. The maximum absolute atomic E-state index is 11.8. The molecule has 0 aliphatic carbocycles. The smallest absolute Gasteiger partial charge is 0.232 e. The molecular formula is C10H19N3O3S. The Balaban J connectivity index is 2.19. The zero-order valence-corrected chi connectivity index (χ0v) is 10.9. The molecule has 0 aromatic heterocycles. The van der Waals surface area contributed by atoms with Crippen LogP contribution < -0.4 is 10.8 Å². The van der Waals surface area contributed by atoms with Gasteiger partial charge in [-0.2, -0.15) is 0 Å². The molecule has 3 N–H and O–H groups in total. The monoisotopic (exact) mass is 261 g/mol. The van der Waals surface area contributed by atoms with Crippen LogP contribution in [0.4, 0.5) is 0 Å². The largest absolute Gasteiger partial charge is 0.544 e. The highest BCUT2D eigenvalue weighted by Crippen LogP contribution is 2.06. The van der Waals surface area contributed by atoms with Gasteiger partial charge in [0.2, 0.25) is 5.91 Å². The van der Waals surface area contributed by atoms with Crippen molar-refractivity contribution in [2.24, 2.45) is 0 Å². The summed E-state index contributed by atoms with van der Waals surface area (Å²) in [5.41, 5.74) is 3.44. The zero-order chi connectivity index (χ0) is 12.8. The Kier molecular flexibility index (Phi) is 5.73. The van der Waals surface area contributed by atoms with Gasteiger partial charge in [0.25, 0.3) is 0 Å². The first kappa shape index (κ1) is 14.3. The number of hydrogen-bond donors (Lipinski definition) is 1. The van der Waals surface area contributed by atoms with Crippen molar-refractivity contribution in [1.82, 2.24) is 9.80 Å². The highest BCUT2D eigenvalue weighted by molar-refractivity contribution is 8.00. The van der Waals surface area contributed by atoms with Crippen LogP contribution in [-0.4, -0.2) is 72.5 Å². The van der Waals surface area contributed by atoms with Gasteiger partial charge in [0.05, 0.1) is 17.5 Å². The van der Waals surface area contributed by atoms with Crippen LogP contribution >= 0.6 is 11.8 Å². The van der Waals surface area contributed by atoms with Crippen LogP contribution in [0.2, 0.25) is 0 Å². The molecule has 1 amide bonds. The molecule has 1 fully saturated rings. The number of quaternary nitrogens is 1. The number of carboxylic acids is 1. The second-order valence-electron chi connectivity index (χ2n) is 4.22. The number of carbonyl (C=O) groups is 2. The second-order valence-corrected chi connectivity index (χ2v) is 5.25. The van der Waals surface area contributed by atoms with E-state index in [0.29, 0.717) is 11.5 Å². The third-order valence-electron chi connectivity index (χ3n) is 2.73. The number of aliphatic carboxylic acids is 1. The fourth-order valence-corrected chi connectivity index (χ4v) is 2.40. The van der Waals surface area contributed by atoms with Gasteiger partial charge in [-0.15, -0.1) is 11.8 Å². The molecule has 0 aromatic rings. The van der Waals surface area contributed by atoms with Gasteiger partial charge in [-0.05, 0) is 7.05 Å². The Morgan fingerprint density at radius 2 is 1.94 bits per heavy atom. The van der Waals surface area contributed by atoms with Crippen molar-refractivity contribution in [2.75, 3.05) is 44.7 Å². The molecule has 6 nitrogen and oxygen atoms in total.